The Morgan fingerprint density at radius 3 is 3.00 bits per heavy atom. The molecule has 0 N–H and O–H groups in total. The fourth-order valence-corrected chi connectivity index (χ4v) is 3.04. The molecule has 23 heavy (non-hydrogen) atoms. The third-order valence-corrected chi connectivity index (χ3v) is 4.33. The van der Waals surface area contributed by atoms with Crippen LogP contribution in [-0.4, -0.2) is 52.8 Å². The third-order valence-electron chi connectivity index (χ3n) is 4.33. The summed E-state index contributed by atoms with van der Waals surface area (Å²) in [5.41, 5.74) is 1.26. The molecule has 3 rings (SSSR count). The van der Waals surface area contributed by atoms with Crippen molar-refractivity contribution in [2.45, 2.75) is 25.3 Å². The van der Waals surface area contributed by atoms with Crippen LogP contribution in [0.4, 0.5) is 5.82 Å². The number of hydrogen-bond acceptors (Lipinski definition) is 4. The summed E-state index contributed by atoms with van der Waals surface area (Å²) in [7, 11) is 3.99. The highest BCUT2D eigenvalue weighted by molar-refractivity contribution is 5.76. The number of hydrogen-bond donors (Lipinski definition) is 0. The summed E-state index contributed by atoms with van der Waals surface area (Å²) in [5.74, 6) is 1.48. The molecule has 6 nitrogen and oxygen atoms in total. The Hall–Kier alpha value is -2.37. The zero-order chi connectivity index (χ0) is 16.2. The van der Waals surface area contributed by atoms with Gasteiger partial charge in [-0.2, -0.15) is 5.10 Å². The normalized spacial score (nSPS) is 18.0. The van der Waals surface area contributed by atoms with Crippen LogP contribution in [0.3, 0.4) is 0 Å². The molecule has 3 heterocycles. The summed E-state index contributed by atoms with van der Waals surface area (Å²) in [4.78, 5) is 20.8. The van der Waals surface area contributed by atoms with Crippen molar-refractivity contribution >= 4 is 11.7 Å². The fourth-order valence-electron chi connectivity index (χ4n) is 3.04. The maximum Gasteiger partial charge on any atom is 0.244 e. The summed E-state index contributed by atoms with van der Waals surface area (Å²) in [6.45, 7) is 1.93. The lowest BCUT2D eigenvalue weighted by molar-refractivity contribution is -0.133. The van der Waals surface area contributed by atoms with Crippen LogP contribution in [0, 0.1) is 0 Å². The maximum atomic E-state index is 12.5. The molecular weight excluding hydrogens is 290 g/mol. The average molecular weight is 313 g/mol. The summed E-state index contributed by atoms with van der Waals surface area (Å²) in [6, 6.07) is 6.04. The van der Waals surface area contributed by atoms with Gasteiger partial charge in [0.1, 0.15) is 12.4 Å². The predicted molar refractivity (Wildman–Crippen MR) is 89.3 cm³/mol. The summed E-state index contributed by atoms with van der Waals surface area (Å²) < 4.78 is 1.68. The zero-order valence-electron chi connectivity index (χ0n) is 13.7. The number of likely N-dealkylation sites (tertiary alicyclic amines) is 1. The molecule has 0 radical (unpaired) electrons. The lowest BCUT2D eigenvalue weighted by Crippen LogP contribution is -2.40. The minimum Gasteiger partial charge on any atom is -0.363 e. The topological polar surface area (TPSA) is 54.3 Å². The number of piperidine rings is 1. The van der Waals surface area contributed by atoms with Gasteiger partial charge < -0.3 is 9.80 Å². The van der Waals surface area contributed by atoms with Crippen molar-refractivity contribution in [2.24, 2.45) is 0 Å². The van der Waals surface area contributed by atoms with Crippen molar-refractivity contribution in [1.29, 1.82) is 0 Å². The van der Waals surface area contributed by atoms with Gasteiger partial charge in [0.15, 0.2) is 0 Å². The number of aromatic nitrogens is 3. The molecule has 1 amide bonds. The predicted octanol–water partition coefficient (Wildman–Crippen LogP) is 1.75. The number of nitrogens with zero attached hydrogens (tertiary/aromatic N) is 5. The molecule has 2 aromatic heterocycles. The minimum atomic E-state index is 0.139. The number of amides is 1. The van der Waals surface area contributed by atoms with Gasteiger partial charge >= 0.3 is 0 Å². The lowest BCUT2D eigenvalue weighted by atomic mass is 9.91. The molecule has 1 fully saturated rings. The SMILES string of the molecule is CN(C)c1cc(C2CCCN(C(=O)Cn3cccn3)C2)ccn1. The Bertz CT molecular complexity index is 653. The van der Waals surface area contributed by atoms with Crippen LogP contribution in [0.2, 0.25) is 0 Å². The van der Waals surface area contributed by atoms with Gasteiger partial charge in [-0.1, -0.05) is 0 Å². The van der Waals surface area contributed by atoms with Crippen molar-refractivity contribution in [3.05, 3.63) is 42.4 Å². The van der Waals surface area contributed by atoms with E-state index in [9.17, 15) is 4.79 Å². The van der Waals surface area contributed by atoms with E-state index >= 15 is 0 Å². The first-order chi connectivity index (χ1) is 11.1. The molecule has 1 atom stereocenters. The van der Waals surface area contributed by atoms with Crippen LogP contribution < -0.4 is 4.90 Å². The van der Waals surface area contributed by atoms with Gasteiger partial charge in [0.2, 0.25) is 5.91 Å². The van der Waals surface area contributed by atoms with Gasteiger partial charge in [-0.15, -0.1) is 0 Å². The summed E-state index contributed by atoms with van der Waals surface area (Å²) in [5, 5.41) is 4.11. The van der Waals surface area contributed by atoms with E-state index in [-0.39, 0.29) is 5.91 Å². The third kappa shape index (κ3) is 3.70. The van der Waals surface area contributed by atoms with E-state index in [0.717, 1.165) is 31.7 Å². The van der Waals surface area contributed by atoms with Crippen molar-refractivity contribution in [1.82, 2.24) is 19.7 Å². The van der Waals surface area contributed by atoms with Gasteiger partial charge in [-0.05, 0) is 36.6 Å². The molecule has 122 valence electrons. The molecule has 0 bridgehead atoms. The second-order valence-corrected chi connectivity index (χ2v) is 6.22. The molecule has 1 aliphatic heterocycles. The first kappa shape index (κ1) is 15.5. The minimum absolute atomic E-state index is 0.139. The molecular formula is C17H23N5O. The lowest BCUT2D eigenvalue weighted by Gasteiger charge is -2.33. The molecule has 0 spiro atoms. The average Bonchev–Trinajstić information content (AvgIpc) is 3.08. The fraction of sp³-hybridized carbons (Fsp3) is 0.471. The first-order valence-corrected chi connectivity index (χ1v) is 8.02. The van der Waals surface area contributed by atoms with Gasteiger partial charge in [-0.25, -0.2) is 4.98 Å². The van der Waals surface area contributed by atoms with Crippen molar-refractivity contribution in [2.75, 3.05) is 32.1 Å². The van der Waals surface area contributed by atoms with Crippen LogP contribution in [0.15, 0.2) is 36.8 Å². The molecule has 1 unspecified atom stereocenters. The number of carbonyl (C=O) groups is 1. The van der Waals surface area contributed by atoms with E-state index in [1.807, 2.05) is 42.4 Å². The Morgan fingerprint density at radius 1 is 1.39 bits per heavy atom. The van der Waals surface area contributed by atoms with Gasteiger partial charge in [0.05, 0.1) is 0 Å². The second-order valence-electron chi connectivity index (χ2n) is 6.22. The van der Waals surface area contributed by atoms with Gasteiger partial charge in [0.25, 0.3) is 0 Å². The van der Waals surface area contributed by atoms with E-state index in [1.165, 1.54) is 5.56 Å². The molecule has 0 aromatic carbocycles. The van der Waals surface area contributed by atoms with Crippen LogP contribution in [-0.2, 0) is 11.3 Å². The zero-order valence-corrected chi connectivity index (χ0v) is 13.7. The molecule has 6 heteroatoms. The molecule has 0 aliphatic carbocycles. The highest BCUT2D eigenvalue weighted by Gasteiger charge is 2.25. The Kier molecular flexibility index (Phi) is 4.60. The Morgan fingerprint density at radius 2 is 2.26 bits per heavy atom. The second kappa shape index (κ2) is 6.81. The monoisotopic (exact) mass is 313 g/mol. The van der Waals surface area contributed by atoms with E-state index < -0.39 is 0 Å². The van der Waals surface area contributed by atoms with E-state index in [1.54, 1.807) is 10.9 Å². The Balaban J connectivity index is 1.68. The van der Waals surface area contributed by atoms with E-state index in [2.05, 4.69) is 22.2 Å². The number of anilines is 1. The van der Waals surface area contributed by atoms with Crippen molar-refractivity contribution < 1.29 is 4.79 Å². The van der Waals surface area contributed by atoms with Crippen molar-refractivity contribution in [3.63, 3.8) is 0 Å². The van der Waals surface area contributed by atoms with E-state index in [0.29, 0.717) is 12.5 Å². The molecule has 0 saturated carbocycles. The van der Waals surface area contributed by atoms with Crippen LogP contribution in [0.5, 0.6) is 0 Å². The highest BCUT2D eigenvalue weighted by atomic mass is 16.2. The van der Waals surface area contributed by atoms with Gasteiger partial charge in [0, 0.05) is 51.7 Å². The standard InChI is InChI=1S/C17H23N5O/c1-20(2)16-11-14(6-8-18-16)15-5-3-9-21(12-15)17(23)13-22-10-4-7-19-22/h4,6-8,10-11,15H,3,5,9,12-13H2,1-2H3. The summed E-state index contributed by atoms with van der Waals surface area (Å²) in [6.07, 6.45) is 7.53. The highest BCUT2D eigenvalue weighted by Crippen LogP contribution is 2.28. The smallest absolute Gasteiger partial charge is 0.244 e. The maximum absolute atomic E-state index is 12.5. The molecule has 1 saturated heterocycles. The quantitative estimate of drug-likeness (QED) is 0.863. The van der Waals surface area contributed by atoms with Gasteiger partial charge in [-0.3, -0.25) is 9.48 Å². The van der Waals surface area contributed by atoms with Crippen molar-refractivity contribution in [3.8, 4) is 0 Å². The van der Waals surface area contributed by atoms with E-state index in [4.69, 9.17) is 0 Å². The first-order valence-electron chi connectivity index (χ1n) is 8.02. The van der Waals surface area contributed by atoms with Crippen LogP contribution in [0.1, 0.15) is 24.3 Å². The largest absolute Gasteiger partial charge is 0.363 e. The van der Waals surface area contributed by atoms with Crippen LogP contribution >= 0.6 is 0 Å². The number of pyridine rings is 1. The molecule has 2 aromatic rings. The number of carbonyl (C=O) groups excluding carboxylic acids is 1. The Labute approximate surface area is 136 Å². The summed E-state index contributed by atoms with van der Waals surface area (Å²) >= 11 is 0. The van der Waals surface area contributed by atoms with Crippen LogP contribution in [0.25, 0.3) is 0 Å². The number of rotatable bonds is 4. The molecule has 1 aliphatic rings.